The third-order valence-electron chi connectivity index (χ3n) is 3.22. The number of hydrogen-bond acceptors (Lipinski definition) is 5. The lowest BCUT2D eigenvalue weighted by atomic mass is 9.88. The molecule has 1 N–H and O–H groups in total. The molecule has 20 heavy (non-hydrogen) atoms. The van der Waals surface area contributed by atoms with Gasteiger partial charge in [-0.2, -0.15) is 0 Å². The SMILES string of the molecule is CCC(C)(Cn1nnnc1-c1cc(Cl)sc1Cl)C(=O)O. The summed E-state index contributed by atoms with van der Waals surface area (Å²) in [7, 11) is 0. The van der Waals surface area contributed by atoms with Crippen LogP contribution in [0.2, 0.25) is 8.67 Å². The third-order valence-corrected chi connectivity index (χ3v) is 4.71. The van der Waals surface area contributed by atoms with Crippen molar-refractivity contribution >= 4 is 40.5 Å². The van der Waals surface area contributed by atoms with Gasteiger partial charge in [0.2, 0.25) is 0 Å². The van der Waals surface area contributed by atoms with Crippen LogP contribution in [-0.4, -0.2) is 31.3 Å². The molecule has 2 rings (SSSR count). The van der Waals surface area contributed by atoms with Crippen LogP contribution in [0.5, 0.6) is 0 Å². The Morgan fingerprint density at radius 1 is 1.55 bits per heavy atom. The maximum Gasteiger partial charge on any atom is 0.311 e. The highest BCUT2D eigenvalue weighted by molar-refractivity contribution is 7.20. The summed E-state index contributed by atoms with van der Waals surface area (Å²) < 4.78 is 2.44. The Labute approximate surface area is 129 Å². The number of nitrogens with zero attached hydrogens (tertiary/aromatic N) is 4. The molecular weight excluding hydrogens is 323 g/mol. The lowest BCUT2D eigenvalue weighted by Crippen LogP contribution is -2.32. The molecule has 1 atom stereocenters. The predicted octanol–water partition coefficient (Wildman–Crippen LogP) is 3.21. The lowest BCUT2D eigenvalue weighted by Gasteiger charge is -2.22. The minimum Gasteiger partial charge on any atom is -0.481 e. The normalized spacial score (nSPS) is 14.2. The van der Waals surface area contributed by atoms with Gasteiger partial charge in [-0.1, -0.05) is 30.1 Å². The summed E-state index contributed by atoms with van der Waals surface area (Å²) in [6, 6.07) is 1.67. The van der Waals surface area contributed by atoms with Crippen molar-refractivity contribution in [3.8, 4) is 11.4 Å². The number of hydrogen-bond donors (Lipinski definition) is 1. The second kappa shape index (κ2) is 5.67. The Kier molecular flexibility index (Phi) is 4.31. The van der Waals surface area contributed by atoms with Crippen LogP contribution in [-0.2, 0) is 11.3 Å². The van der Waals surface area contributed by atoms with Gasteiger partial charge >= 0.3 is 5.97 Å². The van der Waals surface area contributed by atoms with E-state index in [1.54, 1.807) is 13.0 Å². The van der Waals surface area contributed by atoms with Crippen LogP contribution in [0, 0.1) is 5.41 Å². The summed E-state index contributed by atoms with van der Waals surface area (Å²) >= 11 is 13.2. The van der Waals surface area contributed by atoms with E-state index in [9.17, 15) is 9.90 Å². The molecule has 1 unspecified atom stereocenters. The van der Waals surface area contributed by atoms with E-state index in [-0.39, 0.29) is 6.54 Å². The van der Waals surface area contributed by atoms with E-state index in [1.807, 2.05) is 6.92 Å². The zero-order chi connectivity index (χ0) is 14.9. The zero-order valence-corrected chi connectivity index (χ0v) is 13.1. The van der Waals surface area contributed by atoms with Gasteiger partial charge < -0.3 is 5.11 Å². The molecule has 2 aromatic heterocycles. The molecule has 0 aliphatic rings. The number of rotatable bonds is 5. The van der Waals surface area contributed by atoms with Crippen LogP contribution in [0.15, 0.2) is 6.07 Å². The van der Waals surface area contributed by atoms with Crippen molar-refractivity contribution in [1.82, 2.24) is 20.2 Å². The maximum atomic E-state index is 11.4. The van der Waals surface area contributed by atoms with Crippen molar-refractivity contribution in [2.75, 3.05) is 0 Å². The van der Waals surface area contributed by atoms with Gasteiger partial charge in [-0.3, -0.25) is 4.79 Å². The average molecular weight is 335 g/mol. The van der Waals surface area contributed by atoms with E-state index >= 15 is 0 Å². The summed E-state index contributed by atoms with van der Waals surface area (Å²) in [4.78, 5) is 11.4. The molecule has 0 bridgehead atoms. The number of aromatic nitrogens is 4. The van der Waals surface area contributed by atoms with Crippen molar-refractivity contribution in [3.63, 3.8) is 0 Å². The summed E-state index contributed by atoms with van der Waals surface area (Å²) in [6.45, 7) is 3.63. The van der Waals surface area contributed by atoms with Crippen molar-refractivity contribution in [2.24, 2.45) is 5.41 Å². The summed E-state index contributed by atoms with van der Waals surface area (Å²) in [6.07, 6.45) is 0.458. The quantitative estimate of drug-likeness (QED) is 0.907. The minimum atomic E-state index is -0.948. The maximum absolute atomic E-state index is 11.4. The molecule has 0 aromatic carbocycles. The molecule has 108 valence electrons. The molecule has 0 aliphatic carbocycles. The Bertz CT molecular complexity index is 642. The Morgan fingerprint density at radius 3 is 2.75 bits per heavy atom. The first kappa shape index (κ1) is 15.2. The second-order valence-corrected chi connectivity index (χ2v) is 6.90. The minimum absolute atomic E-state index is 0.158. The summed E-state index contributed by atoms with van der Waals surface area (Å²) in [5.74, 6) is -0.477. The number of carboxylic acids is 1. The molecule has 0 saturated heterocycles. The number of thiophene rings is 1. The van der Waals surface area contributed by atoms with Gasteiger partial charge in [0.05, 0.1) is 21.9 Å². The molecule has 2 aromatic rings. The number of halogens is 2. The van der Waals surface area contributed by atoms with Gasteiger partial charge in [-0.05, 0) is 29.8 Å². The molecule has 9 heteroatoms. The molecule has 0 aliphatic heterocycles. The van der Waals surface area contributed by atoms with Crippen LogP contribution in [0.4, 0.5) is 0 Å². The second-order valence-electron chi connectivity index (χ2n) is 4.62. The van der Waals surface area contributed by atoms with E-state index in [1.165, 1.54) is 16.0 Å². The number of carbonyl (C=O) groups is 1. The standard InChI is InChI=1S/C11H12Cl2N4O2S/c1-3-11(2,10(18)19)5-17-9(14-15-16-17)6-4-7(12)20-8(6)13/h4H,3,5H2,1-2H3,(H,18,19). The number of tetrazole rings is 1. The molecular formula is C11H12Cl2N4O2S. The zero-order valence-electron chi connectivity index (χ0n) is 10.8. The van der Waals surface area contributed by atoms with Gasteiger partial charge in [-0.15, -0.1) is 16.4 Å². The molecule has 0 fully saturated rings. The number of aliphatic carboxylic acids is 1. The van der Waals surface area contributed by atoms with Gasteiger partial charge in [0.25, 0.3) is 0 Å². The molecule has 0 radical (unpaired) electrons. The Hall–Kier alpha value is -1.18. The first-order valence-corrected chi connectivity index (χ1v) is 7.39. The van der Waals surface area contributed by atoms with E-state index < -0.39 is 11.4 Å². The van der Waals surface area contributed by atoms with Crippen LogP contribution >= 0.6 is 34.5 Å². The molecule has 0 amide bonds. The molecule has 2 heterocycles. The summed E-state index contributed by atoms with van der Waals surface area (Å²) in [5.41, 5.74) is -0.341. The van der Waals surface area contributed by atoms with Gasteiger partial charge in [0, 0.05) is 0 Å². The van der Waals surface area contributed by atoms with Crippen LogP contribution in [0.3, 0.4) is 0 Å². The first-order valence-electron chi connectivity index (χ1n) is 5.82. The molecule has 0 saturated carbocycles. The van der Waals surface area contributed by atoms with E-state index in [4.69, 9.17) is 23.2 Å². The van der Waals surface area contributed by atoms with E-state index in [2.05, 4.69) is 15.5 Å². The Balaban J connectivity index is 2.39. The lowest BCUT2D eigenvalue weighted by molar-refractivity contribution is -0.149. The highest BCUT2D eigenvalue weighted by atomic mass is 35.5. The number of carboxylic acid groups (broad SMARTS) is 1. The highest BCUT2D eigenvalue weighted by Gasteiger charge is 2.33. The van der Waals surface area contributed by atoms with Gasteiger partial charge in [0.15, 0.2) is 5.82 Å². The largest absolute Gasteiger partial charge is 0.481 e. The fraction of sp³-hybridized carbons (Fsp3) is 0.455. The van der Waals surface area contributed by atoms with Crippen molar-refractivity contribution in [3.05, 3.63) is 14.7 Å². The van der Waals surface area contributed by atoms with Crippen LogP contribution in [0.1, 0.15) is 20.3 Å². The van der Waals surface area contributed by atoms with Crippen molar-refractivity contribution in [1.29, 1.82) is 0 Å². The highest BCUT2D eigenvalue weighted by Crippen LogP contribution is 2.37. The van der Waals surface area contributed by atoms with Gasteiger partial charge in [-0.25, -0.2) is 4.68 Å². The molecule has 0 spiro atoms. The van der Waals surface area contributed by atoms with E-state index in [0.29, 0.717) is 26.5 Å². The predicted molar refractivity (Wildman–Crippen MR) is 77.2 cm³/mol. The Morgan fingerprint density at radius 2 is 2.25 bits per heavy atom. The topological polar surface area (TPSA) is 80.9 Å². The van der Waals surface area contributed by atoms with Crippen LogP contribution in [0.25, 0.3) is 11.4 Å². The smallest absolute Gasteiger partial charge is 0.311 e. The van der Waals surface area contributed by atoms with Crippen molar-refractivity contribution in [2.45, 2.75) is 26.8 Å². The molecule has 6 nitrogen and oxygen atoms in total. The fourth-order valence-corrected chi connectivity index (χ4v) is 3.11. The summed E-state index contributed by atoms with van der Waals surface area (Å²) in [5, 5.41) is 20.7. The van der Waals surface area contributed by atoms with Crippen molar-refractivity contribution < 1.29 is 9.90 Å². The monoisotopic (exact) mass is 334 g/mol. The van der Waals surface area contributed by atoms with E-state index in [0.717, 1.165) is 0 Å². The fourth-order valence-electron chi connectivity index (χ4n) is 1.66. The first-order chi connectivity index (χ1) is 9.37. The third kappa shape index (κ3) is 2.79. The average Bonchev–Trinajstić information content (AvgIpc) is 2.95. The van der Waals surface area contributed by atoms with Crippen LogP contribution < -0.4 is 0 Å². The van der Waals surface area contributed by atoms with Gasteiger partial charge in [0.1, 0.15) is 4.34 Å².